The summed E-state index contributed by atoms with van der Waals surface area (Å²) in [4.78, 5) is 0. The number of ether oxygens (including phenoxy) is 1. The average Bonchev–Trinajstić information content (AvgIpc) is 2.05. The normalized spacial score (nSPS) is 22.7. The summed E-state index contributed by atoms with van der Waals surface area (Å²) >= 11 is 0. The van der Waals surface area contributed by atoms with Crippen molar-refractivity contribution in [3.8, 4) is 0 Å². The first-order valence-electron chi connectivity index (χ1n) is 3.18. The number of morpholine rings is 1. The Morgan fingerprint density at radius 2 is 2.10 bits per heavy atom. The molecule has 0 aromatic heterocycles. The predicted molar refractivity (Wildman–Crippen MR) is 37.0 cm³/mol. The minimum Gasteiger partial charge on any atom is -0.378 e. The number of nitrogens with zero attached hydrogens (tertiary/aromatic N) is 1. The molecule has 0 amide bonds. The lowest BCUT2D eigenvalue weighted by Crippen LogP contribution is -2.31. The Morgan fingerprint density at radius 3 is 2.60 bits per heavy atom. The molecular weight excluding hydrogens is 153 g/mol. The average molecular weight is 164 g/mol. The SMILES string of the molecule is CO[P+](=O)N1CCOCC1. The third-order valence-electron chi connectivity index (χ3n) is 1.37. The highest BCUT2D eigenvalue weighted by atomic mass is 31.1. The van der Waals surface area contributed by atoms with Gasteiger partial charge in [-0.15, -0.1) is 4.52 Å². The first-order chi connectivity index (χ1) is 4.84. The van der Waals surface area contributed by atoms with Gasteiger partial charge in [0.2, 0.25) is 0 Å². The second-order valence-electron chi connectivity index (χ2n) is 1.99. The van der Waals surface area contributed by atoms with Crippen molar-refractivity contribution >= 4 is 8.18 Å². The zero-order valence-electron chi connectivity index (χ0n) is 5.95. The molecule has 4 nitrogen and oxygen atoms in total. The van der Waals surface area contributed by atoms with E-state index in [0.29, 0.717) is 26.3 Å². The van der Waals surface area contributed by atoms with Crippen LogP contribution in [0.25, 0.3) is 0 Å². The van der Waals surface area contributed by atoms with Gasteiger partial charge in [0.15, 0.2) is 0 Å². The summed E-state index contributed by atoms with van der Waals surface area (Å²) in [6.45, 7) is 2.74. The molecule has 0 aromatic rings. The van der Waals surface area contributed by atoms with Crippen LogP contribution >= 0.6 is 8.18 Å². The molecule has 5 heteroatoms. The Bertz CT molecular complexity index is 124. The molecule has 10 heavy (non-hydrogen) atoms. The van der Waals surface area contributed by atoms with Gasteiger partial charge in [-0.3, -0.25) is 0 Å². The maximum Gasteiger partial charge on any atom is 0.615 e. The molecule has 1 aliphatic rings. The fourth-order valence-corrected chi connectivity index (χ4v) is 1.55. The van der Waals surface area contributed by atoms with E-state index < -0.39 is 8.18 Å². The largest absolute Gasteiger partial charge is 0.615 e. The van der Waals surface area contributed by atoms with Crippen LogP contribution < -0.4 is 0 Å². The first kappa shape index (κ1) is 8.08. The summed E-state index contributed by atoms with van der Waals surface area (Å²) < 4.78 is 22.5. The van der Waals surface area contributed by atoms with Gasteiger partial charge in [-0.05, 0) is 4.57 Å². The molecule has 0 bridgehead atoms. The molecule has 1 rings (SSSR count). The van der Waals surface area contributed by atoms with Crippen LogP contribution in [0, 0.1) is 0 Å². The van der Waals surface area contributed by atoms with Gasteiger partial charge < -0.3 is 4.74 Å². The monoisotopic (exact) mass is 164 g/mol. The second-order valence-corrected chi connectivity index (χ2v) is 3.39. The van der Waals surface area contributed by atoms with E-state index >= 15 is 0 Å². The van der Waals surface area contributed by atoms with Crippen molar-refractivity contribution in [2.75, 3.05) is 33.4 Å². The van der Waals surface area contributed by atoms with Crippen LogP contribution in [-0.4, -0.2) is 38.1 Å². The number of hydrogen-bond donors (Lipinski definition) is 0. The first-order valence-corrected chi connectivity index (χ1v) is 4.31. The van der Waals surface area contributed by atoms with E-state index in [1.165, 1.54) is 7.11 Å². The Labute approximate surface area is 61.0 Å². The summed E-state index contributed by atoms with van der Waals surface area (Å²) in [5.41, 5.74) is 0. The maximum atomic E-state index is 11.0. The highest BCUT2D eigenvalue weighted by Crippen LogP contribution is 2.27. The van der Waals surface area contributed by atoms with Crippen LogP contribution in [0.5, 0.6) is 0 Å². The molecule has 1 saturated heterocycles. The molecule has 1 heterocycles. The predicted octanol–water partition coefficient (Wildman–Crippen LogP) is 0.622. The van der Waals surface area contributed by atoms with Crippen LogP contribution in [0.1, 0.15) is 0 Å². The molecule has 58 valence electrons. The molecule has 1 aliphatic heterocycles. The Balaban J connectivity index is 2.31. The molecule has 0 aliphatic carbocycles. The molecule has 1 fully saturated rings. The summed E-state index contributed by atoms with van der Waals surface area (Å²) in [6, 6.07) is 0. The zero-order chi connectivity index (χ0) is 7.40. The fraction of sp³-hybridized carbons (Fsp3) is 1.00. The van der Waals surface area contributed by atoms with Gasteiger partial charge in [0.1, 0.15) is 0 Å². The smallest absolute Gasteiger partial charge is 0.378 e. The van der Waals surface area contributed by atoms with Crippen molar-refractivity contribution in [2.24, 2.45) is 0 Å². The van der Waals surface area contributed by atoms with E-state index in [4.69, 9.17) is 4.74 Å². The van der Waals surface area contributed by atoms with Crippen molar-refractivity contribution in [3.63, 3.8) is 0 Å². The van der Waals surface area contributed by atoms with Crippen molar-refractivity contribution < 1.29 is 13.8 Å². The minimum atomic E-state index is -1.59. The molecule has 0 saturated carbocycles. The molecule has 0 spiro atoms. The third kappa shape index (κ3) is 1.99. The van der Waals surface area contributed by atoms with E-state index in [2.05, 4.69) is 4.52 Å². The van der Waals surface area contributed by atoms with Gasteiger partial charge in [-0.2, -0.15) is 0 Å². The van der Waals surface area contributed by atoms with Gasteiger partial charge in [0, 0.05) is 0 Å². The Hall–Kier alpha value is -0.0200. The van der Waals surface area contributed by atoms with Crippen molar-refractivity contribution in [1.29, 1.82) is 0 Å². The summed E-state index contributed by atoms with van der Waals surface area (Å²) in [7, 11) is -0.141. The number of rotatable bonds is 2. The molecule has 1 unspecified atom stereocenters. The van der Waals surface area contributed by atoms with Gasteiger partial charge in [0.05, 0.1) is 33.4 Å². The van der Waals surface area contributed by atoms with E-state index in [1.54, 1.807) is 4.67 Å². The quantitative estimate of drug-likeness (QED) is 0.561. The van der Waals surface area contributed by atoms with Gasteiger partial charge in [-0.1, -0.05) is 4.67 Å². The summed E-state index contributed by atoms with van der Waals surface area (Å²) in [5, 5.41) is 0. The highest BCUT2D eigenvalue weighted by Gasteiger charge is 2.29. The second kappa shape index (κ2) is 3.98. The molecule has 0 radical (unpaired) electrons. The van der Waals surface area contributed by atoms with Crippen LogP contribution in [-0.2, 0) is 13.8 Å². The molecule has 0 aromatic carbocycles. The Kier molecular flexibility index (Phi) is 3.22. The van der Waals surface area contributed by atoms with Crippen LogP contribution in [0.15, 0.2) is 0 Å². The van der Waals surface area contributed by atoms with E-state index in [-0.39, 0.29) is 0 Å². The van der Waals surface area contributed by atoms with Crippen LogP contribution in [0.2, 0.25) is 0 Å². The summed E-state index contributed by atoms with van der Waals surface area (Å²) in [6.07, 6.45) is 0. The maximum absolute atomic E-state index is 11.0. The van der Waals surface area contributed by atoms with Crippen LogP contribution in [0.3, 0.4) is 0 Å². The number of hydrogen-bond acceptors (Lipinski definition) is 3. The van der Waals surface area contributed by atoms with Gasteiger partial charge in [0.25, 0.3) is 0 Å². The summed E-state index contributed by atoms with van der Waals surface area (Å²) in [5.74, 6) is 0. The lowest BCUT2D eigenvalue weighted by molar-refractivity contribution is 0.0690. The van der Waals surface area contributed by atoms with E-state index in [9.17, 15) is 4.57 Å². The van der Waals surface area contributed by atoms with Crippen molar-refractivity contribution in [1.82, 2.24) is 4.67 Å². The topological polar surface area (TPSA) is 38.8 Å². The lowest BCUT2D eigenvalue weighted by atomic mass is 10.5. The van der Waals surface area contributed by atoms with E-state index in [1.807, 2.05) is 0 Å². The third-order valence-corrected chi connectivity index (χ3v) is 2.55. The van der Waals surface area contributed by atoms with E-state index in [0.717, 1.165) is 0 Å². The highest BCUT2D eigenvalue weighted by molar-refractivity contribution is 7.36. The minimum absolute atomic E-state index is 0.657. The van der Waals surface area contributed by atoms with Gasteiger partial charge in [-0.25, -0.2) is 0 Å². The van der Waals surface area contributed by atoms with Gasteiger partial charge >= 0.3 is 8.18 Å². The molecular formula is C5H11NO3P+. The van der Waals surface area contributed by atoms with Crippen molar-refractivity contribution in [3.05, 3.63) is 0 Å². The molecule has 0 N–H and O–H groups in total. The Morgan fingerprint density at radius 1 is 1.50 bits per heavy atom. The van der Waals surface area contributed by atoms with Crippen LogP contribution in [0.4, 0.5) is 0 Å². The fourth-order valence-electron chi connectivity index (χ4n) is 0.832. The van der Waals surface area contributed by atoms with Crippen molar-refractivity contribution in [2.45, 2.75) is 0 Å². The lowest BCUT2D eigenvalue weighted by Gasteiger charge is -2.14. The standard InChI is InChI=1S/C5H11NO3P/c1-8-10(7)6-2-4-9-5-3-6/h2-5H2,1H3/q+1. The zero-order valence-corrected chi connectivity index (χ0v) is 6.84. The molecule has 1 atom stereocenters.